The third-order valence-corrected chi connectivity index (χ3v) is 3.47. The highest BCUT2D eigenvalue weighted by Gasteiger charge is 2.25. The standard InChI is InChI=1S/C15H14/c1-10-6-5-9-14-13-8-4-3-7-12(13)11(2)15(10)14/h3-9,11H,1-2H3. The molecule has 0 spiro atoms. The van der Waals surface area contributed by atoms with Gasteiger partial charge >= 0.3 is 0 Å². The molecule has 0 saturated carbocycles. The van der Waals surface area contributed by atoms with Crippen LogP contribution in [0.25, 0.3) is 11.1 Å². The quantitative estimate of drug-likeness (QED) is 0.591. The summed E-state index contributed by atoms with van der Waals surface area (Å²) in [5.41, 5.74) is 7.25. The topological polar surface area (TPSA) is 0 Å². The third-order valence-electron chi connectivity index (χ3n) is 3.47. The Morgan fingerprint density at radius 1 is 0.867 bits per heavy atom. The van der Waals surface area contributed by atoms with Gasteiger partial charge in [0.15, 0.2) is 0 Å². The second-order valence-corrected chi connectivity index (χ2v) is 4.35. The van der Waals surface area contributed by atoms with Gasteiger partial charge in [-0.2, -0.15) is 0 Å². The van der Waals surface area contributed by atoms with Crippen LogP contribution < -0.4 is 0 Å². The average molecular weight is 194 g/mol. The fraction of sp³-hybridized carbons (Fsp3) is 0.200. The Morgan fingerprint density at radius 2 is 1.60 bits per heavy atom. The second-order valence-electron chi connectivity index (χ2n) is 4.35. The van der Waals surface area contributed by atoms with Crippen LogP contribution in [0.4, 0.5) is 0 Å². The lowest BCUT2D eigenvalue weighted by Crippen LogP contribution is -1.92. The normalized spacial score (nSPS) is 17.3. The van der Waals surface area contributed by atoms with E-state index in [1.807, 2.05) is 0 Å². The van der Waals surface area contributed by atoms with Crippen molar-refractivity contribution < 1.29 is 0 Å². The molecule has 1 atom stereocenters. The van der Waals surface area contributed by atoms with Crippen molar-refractivity contribution in [3.8, 4) is 11.1 Å². The van der Waals surface area contributed by atoms with Gasteiger partial charge in [0.1, 0.15) is 0 Å². The van der Waals surface area contributed by atoms with E-state index in [9.17, 15) is 0 Å². The fourth-order valence-corrected chi connectivity index (χ4v) is 2.77. The minimum Gasteiger partial charge on any atom is -0.0619 e. The molecule has 0 heterocycles. The number of fused-ring (bicyclic) bond motifs is 3. The predicted molar refractivity (Wildman–Crippen MR) is 64.1 cm³/mol. The maximum absolute atomic E-state index is 2.30. The first kappa shape index (κ1) is 8.72. The molecule has 0 amide bonds. The molecule has 0 N–H and O–H groups in total. The van der Waals surface area contributed by atoms with Gasteiger partial charge in [-0.05, 0) is 34.7 Å². The van der Waals surface area contributed by atoms with E-state index in [0.717, 1.165) is 0 Å². The van der Waals surface area contributed by atoms with Crippen LogP contribution in [0.3, 0.4) is 0 Å². The molecule has 2 aromatic carbocycles. The minimum absolute atomic E-state index is 0.553. The maximum atomic E-state index is 2.30. The Bertz CT molecular complexity index is 523. The van der Waals surface area contributed by atoms with Crippen molar-refractivity contribution in [3.63, 3.8) is 0 Å². The van der Waals surface area contributed by atoms with Gasteiger partial charge in [0, 0.05) is 5.92 Å². The van der Waals surface area contributed by atoms with Crippen molar-refractivity contribution in [1.29, 1.82) is 0 Å². The monoisotopic (exact) mass is 194 g/mol. The van der Waals surface area contributed by atoms with Crippen molar-refractivity contribution >= 4 is 0 Å². The molecule has 74 valence electrons. The van der Waals surface area contributed by atoms with Crippen LogP contribution >= 0.6 is 0 Å². The summed E-state index contributed by atoms with van der Waals surface area (Å²) in [4.78, 5) is 0. The molecule has 1 aliphatic carbocycles. The zero-order valence-corrected chi connectivity index (χ0v) is 9.12. The molecule has 0 nitrogen and oxygen atoms in total. The van der Waals surface area contributed by atoms with Gasteiger partial charge in [-0.1, -0.05) is 49.4 Å². The van der Waals surface area contributed by atoms with Crippen LogP contribution in [0.15, 0.2) is 42.5 Å². The van der Waals surface area contributed by atoms with Crippen molar-refractivity contribution in [3.05, 3.63) is 59.2 Å². The molecule has 2 aromatic rings. The summed E-state index contributed by atoms with van der Waals surface area (Å²) in [6.45, 7) is 4.51. The van der Waals surface area contributed by atoms with E-state index in [1.165, 1.54) is 27.8 Å². The Balaban J connectivity index is 2.37. The summed E-state index contributed by atoms with van der Waals surface area (Å²) in [6.07, 6.45) is 0. The number of aryl methyl sites for hydroxylation is 1. The zero-order valence-electron chi connectivity index (χ0n) is 9.12. The molecule has 0 radical (unpaired) electrons. The van der Waals surface area contributed by atoms with Crippen LogP contribution in [-0.4, -0.2) is 0 Å². The van der Waals surface area contributed by atoms with Gasteiger partial charge in [-0.3, -0.25) is 0 Å². The molecule has 0 aromatic heterocycles. The molecule has 3 rings (SSSR count). The smallest absolute Gasteiger partial charge is 0.00759 e. The maximum Gasteiger partial charge on any atom is 0.00759 e. The summed E-state index contributed by atoms with van der Waals surface area (Å²) < 4.78 is 0. The number of benzene rings is 2. The minimum atomic E-state index is 0.553. The first-order valence-corrected chi connectivity index (χ1v) is 5.48. The summed E-state index contributed by atoms with van der Waals surface area (Å²) in [7, 11) is 0. The number of hydrogen-bond acceptors (Lipinski definition) is 0. The highest BCUT2D eigenvalue weighted by atomic mass is 14.3. The summed E-state index contributed by atoms with van der Waals surface area (Å²) in [6, 6.07) is 15.4. The molecule has 0 bridgehead atoms. The fourth-order valence-electron chi connectivity index (χ4n) is 2.77. The van der Waals surface area contributed by atoms with E-state index in [4.69, 9.17) is 0 Å². The van der Waals surface area contributed by atoms with E-state index in [1.54, 1.807) is 0 Å². The van der Waals surface area contributed by atoms with E-state index in [2.05, 4.69) is 56.3 Å². The Hall–Kier alpha value is -1.56. The second kappa shape index (κ2) is 2.96. The summed E-state index contributed by atoms with van der Waals surface area (Å²) >= 11 is 0. The van der Waals surface area contributed by atoms with Crippen molar-refractivity contribution in [2.45, 2.75) is 19.8 Å². The van der Waals surface area contributed by atoms with E-state index in [0.29, 0.717) is 5.92 Å². The molecule has 1 aliphatic rings. The lowest BCUT2D eigenvalue weighted by molar-refractivity contribution is 0.944. The summed E-state index contributed by atoms with van der Waals surface area (Å²) in [5.74, 6) is 0.553. The lowest BCUT2D eigenvalue weighted by atomic mass is 9.95. The molecule has 0 aliphatic heterocycles. The van der Waals surface area contributed by atoms with Gasteiger partial charge in [-0.15, -0.1) is 0 Å². The summed E-state index contributed by atoms with van der Waals surface area (Å²) in [5, 5.41) is 0. The Morgan fingerprint density at radius 3 is 2.47 bits per heavy atom. The van der Waals surface area contributed by atoms with E-state index in [-0.39, 0.29) is 0 Å². The van der Waals surface area contributed by atoms with Gasteiger partial charge < -0.3 is 0 Å². The number of rotatable bonds is 0. The Labute approximate surface area is 90.6 Å². The van der Waals surface area contributed by atoms with Crippen LogP contribution in [0.5, 0.6) is 0 Å². The average Bonchev–Trinajstić information content (AvgIpc) is 2.55. The van der Waals surface area contributed by atoms with Crippen molar-refractivity contribution in [2.75, 3.05) is 0 Å². The molecule has 0 fully saturated rings. The molecule has 15 heavy (non-hydrogen) atoms. The van der Waals surface area contributed by atoms with Crippen LogP contribution in [-0.2, 0) is 0 Å². The molecular weight excluding hydrogens is 180 g/mol. The van der Waals surface area contributed by atoms with Gasteiger partial charge in [-0.25, -0.2) is 0 Å². The highest BCUT2D eigenvalue weighted by Crippen LogP contribution is 2.45. The third kappa shape index (κ3) is 1.08. The van der Waals surface area contributed by atoms with E-state index < -0.39 is 0 Å². The highest BCUT2D eigenvalue weighted by molar-refractivity contribution is 5.79. The van der Waals surface area contributed by atoms with Crippen molar-refractivity contribution in [2.24, 2.45) is 0 Å². The van der Waals surface area contributed by atoms with Gasteiger partial charge in [0.2, 0.25) is 0 Å². The molecule has 0 saturated heterocycles. The lowest BCUT2D eigenvalue weighted by Gasteiger charge is -2.08. The Kier molecular flexibility index (Phi) is 1.72. The van der Waals surface area contributed by atoms with Crippen LogP contribution in [0.2, 0.25) is 0 Å². The zero-order chi connectivity index (χ0) is 10.4. The molecule has 0 heteroatoms. The molecule has 1 unspecified atom stereocenters. The van der Waals surface area contributed by atoms with Crippen LogP contribution in [0.1, 0.15) is 29.5 Å². The van der Waals surface area contributed by atoms with Crippen LogP contribution in [0, 0.1) is 6.92 Å². The molecular formula is C15H14. The predicted octanol–water partition coefficient (Wildman–Crippen LogP) is 4.13. The van der Waals surface area contributed by atoms with Crippen molar-refractivity contribution in [1.82, 2.24) is 0 Å². The first-order valence-electron chi connectivity index (χ1n) is 5.48. The first-order chi connectivity index (χ1) is 7.29. The largest absolute Gasteiger partial charge is 0.0619 e. The van der Waals surface area contributed by atoms with Gasteiger partial charge in [0.05, 0.1) is 0 Å². The van der Waals surface area contributed by atoms with Gasteiger partial charge in [0.25, 0.3) is 0 Å². The SMILES string of the molecule is Cc1cccc2c1C(C)c1ccccc1-2. The van der Waals surface area contributed by atoms with E-state index >= 15 is 0 Å². The number of hydrogen-bond donors (Lipinski definition) is 0.